The van der Waals surface area contributed by atoms with Gasteiger partial charge in [0.05, 0.1) is 11.3 Å². The first-order valence-electron chi connectivity index (χ1n) is 9.49. The first kappa shape index (κ1) is 19.4. The third-order valence-corrected chi connectivity index (χ3v) is 4.66. The topological polar surface area (TPSA) is 69.9 Å². The first-order valence-corrected chi connectivity index (χ1v) is 9.49. The van der Waals surface area contributed by atoms with Crippen LogP contribution in [-0.2, 0) is 6.61 Å². The summed E-state index contributed by atoms with van der Waals surface area (Å²) >= 11 is 0. The summed E-state index contributed by atoms with van der Waals surface area (Å²) in [6.45, 7) is 3.78. The van der Waals surface area contributed by atoms with Crippen LogP contribution in [0.2, 0.25) is 0 Å². The Hall–Kier alpha value is -3.93. The Morgan fingerprint density at radius 1 is 0.967 bits per heavy atom. The molecule has 0 aliphatic rings. The zero-order valence-corrected chi connectivity index (χ0v) is 16.7. The molecular formula is C24H20N2O4. The number of hydrogen-bond donors (Lipinski definition) is 0. The normalized spacial score (nSPS) is 10.7. The largest absolute Gasteiger partial charge is 0.487 e. The van der Waals surface area contributed by atoms with E-state index in [1.807, 2.05) is 35.9 Å². The van der Waals surface area contributed by atoms with Crippen molar-refractivity contribution in [2.75, 3.05) is 0 Å². The van der Waals surface area contributed by atoms with Crippen molar-refractivity contribution < 1.29 is 19.1 Å². The number of hydrogen-bond acceptors (Lipinski definition) is 5. The molecule has 0 radical (unpaired) electrons. The molecule has 2 aromatic heterocycles. The molecular weight excluding hydrogens is 380 g/mol. The van der Waals surface area contributed by atoms with Crippen molar-refractivity contribution in [2.24, 2.45) is 0 Å². The highest BCUT2D eigenvalue weighted by Crippen LogP contribution is 2.19. The molecule has 0 aliphatic heterocycles. The smallest absolute Gasteiger partial charge is 0.343 e. The van der Waals surface area contributed by atoms with Gasteiger partial charge in [-0.3, -0.25) is 4.79 Å². The van der Waals surface area contributed by atoms with Crippen LogP contribution in [0.15, 0.2) is 73.1 Å². The molecule has 0 unspecified atom stereocenters. The fourth-order valence-corrected chi connectivity index (χ4v) is 3.07. The number of Topliss-reactive ketones (excluding diaryl/α,β-unsaturated/α-hetero) is 1. The third-order valence-electron chi connectivity index (χ3n) is 4.66. The van der Waals surface area contributed by atoms with Gasteiger partial charge in [-0.2, -0.15) is 0 Å². The van der Waals surface area contributed by atoms with Crippen LogP contribution in [0.3, 0.4) is 0 Å². The molecule has 150 valence electrons. The quantitative estimate of drug-likeness (QED) is 0.268. The van der Waals surface area contributed by atoms with Gasteiger partial charge < -0.3 is 13.9 Å². The van der Waals surface area contributed by atoms with E-state index in [4.69, 9.17) is 9.47 Å². The van der Waals surface area contributed by atoms with Gasteiger partial charge >= 0.3 is 5.97 Å². The van der Waals surface area contributed by atoms with Gasteiger partial charge in [-0.05, 0) is 67.9 Å². The van der Waals surface area contributed by atoms with Crippen LogP contribution in [0.4, 0.5) is 0 Å². The summed E-state index contributed by atoms with van der Waals surface area (Å²) in [7, 11) is 0. The molecule has 0 amide bonds. The molecule has 2 heterocycles. The second-order valence-electron chi connectivity index (χ2n) is 6.94. The molecule has 0 fully saturated rings. The first-order chi connectivity index (χ1) is 14.5. The number of pyridine rings is 1. The monoisotopic (exact) mass is 400 g/mol. The van der Waals surface area contributed by atoms with Crippen LogP contribution in [-0.4, -0.2) is 21.1 Å². The van der Waals surface area contributed by atoms with Crippen LogP contribution in [0, 0.1) is 6.92 Å². The highest BCUT2D eigenvalue weighted by molar-refractivity contribution is 5.94. The molecule has 0 bridgehead atoms. The number of aryl methyl sites for hydroxylation is 1. The van der Waals surface area contributed by atoms with E-state index in [0.29, 0.717) is 22.6 Å². The molecule has 0 aliphatic carbocycles. The Morgan fingerprint density at radius 3 is 2.50 bits per heavy atom. The number of benzene rings is 2. The Labute approximate surface area is 173 Å². The minimum absolute atomic E-state index is 0.0431. The lowest BCUT2D eigenvalue weighted by atomic mass is 10.1. The van der Waals surface area contributed by atoms with Crippen molar-refractivity contribution in [2.45, 2.75) is 20.5 Å². The lowest BCUT2D eigenvalue weighted by Gasteiger charge is -2.08. The van der Waals surface area contributed by atoms with Gasteiger partial charge in [0, 0.05) is 18.0 Å². The zero-order chi connectivity index (χ0) is 21.1. The summed E-state index contributed by atoms with van der Waals surface area (Å²) in [6, 6.07) is 17.2. The van der Waals surface area contributed by atoms with Gasteiger partial charge in [-0.15, -0.1) is 0 Å². The summed E-state index contributed by atoms with van der Waals surface area (Å²) in [5.41, 5.74) is 3.71. The Balaban J connectivity index is 1.43. The summed E-state index contributed by atoms with van der Waals surface area (Å²) in [5, 5.41) is 0. The molecule has 0 saturated carbocycles. The molecule has 6 heteroatoms. The van der Waals surface area contributed by atoms with E-state index in [-0.39, 0.29) is 12.4 Å². The number of esters is 1. The second-order valence-corrected chi connectivity index (χ2v) is 6.94. The standard InChI is InChI=1S/C24H20N2O4/c1-16-5-4-12-26-14-20(25-23(16)26)15-29-22-7-3-6-19(13-22)24(28)30-21-10-8-18(9-11-21)17(2)27/h3-14H,15H2,1-2H3. The van der Waals surface area contributed by atoms with E-state index < -0.39 is 5.97 Å². The van der Waals surface area contributed by atoms with E-state index in [0.717, 1.165) is 16.9 Å². The van der Waals surface area contributed by atoms with Crippen LogP contribution in [0.25, 0.3) is 5.65 Å². The number of fused-ring (bicyclic) bond motifs is 1. The Bertz CT molecular complexity index is 1230. The molecule has 30 heavy (non-hydrogen) atoms. The highest BCUT2D eigenvalue weighted by atomic mass is 16.5. The van der Waals surface area contributed by atoms with Crippen LogP contribution >= 0.6 is 0 Å². The summed E-state index contributed by atoms with van der Waals surface area (Å²) in [5.74, 6) is 0.374. The van der Waals surface area contributed by atoms with Crippen molar-refractivity contribution in [3.8, 4) is 11.5 Å². The van der Waals surface area contributed by atoms with Crippen molar-refractivity contribution in [3.05, 3.63) is 95.4 Å². The molecule has 6 nitrogen and oxygen atoms in total. The number of carbonyl (C=O) groups is 2. The van der Waals surface area contributed by atoms with Gasteiger partial charge in [0.25, 0.3) is 0 Å². The van der Waals surface area contributed by atoms with Gasteiger partial charge in [-0.25, -0.2) is 9.78 Å². The van der Waals surface area contributed by atoms with E-state index in [1.165, 1.54) is 6.92 Å². The third kappa shape index (κ3) is 4.22. The van der Waals surface area contributed by atoms with E-state index in [9.17, 15) is 9.59 Å². The molecule has 0 N–H and O–H groups in total. The number of carbonyl (C=O) groups excluding carboxylic acids is 2. The molecule has 4 aromatic rings. The van der Waals surface area contributed by atoms with Gasteiger partial charge in [0.2, 0.25) is 0 Å². The maximum atomic E-state index is 12.5. The van der Waals surface area contributed by atoms with Crippen molar-refractivity contribution in [3.63, 3.8) is 0 Å². The fourth-order valence-electron chi connectivity index (χ4n) is 3.07. The molecule has 2 aromatic carbocycles. The van der Waals surface area contributed by atoms with Crippen molar-refractivity contribution in [1.29, 1.82) is 0 Å². The van der Waals surface area contributed by atoms with E-state index in [1.54, 1.807) is 48.5 Å². The molecule has 0 saturated heterocycles. The summed E-state index contributed by atoms with van der Waals surface area (Å²) in [6.07, 6.45) is 3.86. The number of rotatable bonds is 6. The number of aromatic nitrogens is 2. The lowest BCUT2D eigenvalue weighted by Crippen LogP contribution is -2.09. The SMILES string of the molecule is CC(=O)c1ccc(OC(=O)c2cccc(OCc3cn4cccc(C)c4n3)c2)cc1. The molecule has 0 atom stereocenters. The maximum absolute atomic E-state index is 12.5. The predicted molar refractivity (Wildman–Crippen MR) is 112 cm³/mol. The average molecular weight is 400 g/mol. The van der Waals surface area contributed by atoms with Gasteiger partial charge in [-0.1, -0.05) is 12.1 Å². The average Bonchev–Trinajstić information content (AvgIpc) is 3.17. The minimum Gasteiger partial charge on any atom is -0.487 e. The Morgan fingerprint density at radius 2 is 1.77 bits per heavy atom. The maximum Gasteiger partial charge on any atom is 0.343 e. The number of imidazole rings is 1. The molecule has 4 rings (SSSR count). The summed E-state index contributed by atoms with van der Waals surface area (Å²) < 4.78 is 13.2. The zero-order valence-electron chi connectivity index (χ0n) is 16.7. The van der Waals surface area contributed by atoms with Crippen LogP contribution < -0.4 is 9.47 Å². The highest BCUT2D eigenvalue weighted by Gasteiger charge is 2.11. The minimum atomic E-state index is -0.501. The van der Waals surface area contributed by atoms with Gasteiger partial charge in [0.1, 0.15) is 23.8 Å². The lowest BCUT2D eigenvalue weighted by molar-refractivity contribution is 0.0734. The Kier molecular flexibility index (Phi) is 5.30. The predicted octanol–water partition coefficient (Wildman–Crippen LogP) is 4.64. The number of nitrogens with zero attached hydrogens (tertiary/aromatic N) is 2. The number of ether oxygens (including phenoxy) is 2. The van der Waals surface area contributed by atoms with E-state index >= 15 is 0 Å². The van der Waals surface area contributed by atoms with Crippen LogP contribution in [0.5, 0.6) is 11.5 Å². The summed E-state index contributed by atoms with van der Waals surface area (Å²) in [4.78, 5) is 28.4. The van der Waals surface area contributed by atoms with Crippen molar-refractivity contribution >= 4 is 17.4 Å². The fraction of sp³-hybridized carbons (Fsp3) is 0.125. The second kappa shape index (κ2) is 8.21. The van der Waals surface area contributed by atoms with Crippen molar-refractivity contribution in [1.82, 2.24) is 9.38 Å². The van der Waals surface area contributed by atoms with E-state index in [2.05, 4.69) is 4.98 Å². The molecule has 0 spiro atoms. The van der Waals surface area contributed by atoms with Crippen LogP contribution in [0.1, 0.15) is 38.9 Å². The van der Waals surface area contributed by atoms with Gasteiger partial charge in [0.15, 0.2) is 5.78 Å². The number of ketones is 1.